The smallest absolute Gasteiger partial charge is 0.250 e. The second-order valence-corrected chi connectivity index (χ2v) is 4.43. The van der Waals surface area contributed by atoms with Crippen LogP contribution in [-0.2, 0) is 6.54 Å². The molecule has 1 saturated carbocycles. The summed E-state index contributed by atoms with van der Waals surface area (Å²) >= 11 is 0. The third-order valence-electron chi connectivity index (χ3n) is 3.11. The Kier molecular flexibility index (Phi) is 2.91. The van der Waals surface area contributed by atoms with Gasteiger partial charge in [0.05, 0.1) is 0 Å². The summed E-state index contributed by atoms with van der Waals surface area (Å²) < 4.78 is 1.80. The molecule has 2 rings (SSSR count). The summed E-state index contributed by atoms with van der Waals surface area (Å²) in [7, 11) is 1.97. The quantitative estimate of drug-likeness (QED) is 0.802. The van der Waals surface area contributed by atoms with Crippen LogP contribution in [0.5, 0.6) is 0 Å². The lowest BCUT2D eigenvalue weighted by molar-refractivity contribution is 0.429. The van der Waals surface area contributed by atoms with Crippen molar-refractivity contribution in [3.05, 3.63) is 34.2 Å². The second-order valence-electron chi connectivity index (χ2n) is 4.43. The van der Waals surface area contributed by atoms with Crippen molar-refractivity contribution in [2.45, 2.75) is 32.4 Å². The zero-order chi connectivity index (χ0) is 10.8. The van der Waals surface area contributed by atoms with Crippen molar-refractivity contribution in [2.24, 2.45) is 5.92 Å². The summed E-state index contributed by atoms with van der Waals surface area (Å²) in [6.07, 6.45) is 4.49. The lowest BCUT2D eigenvalue weighted by Gasteiger charge is -2.16. The molecule has 0 aliphatic heterocycles. The number of pyridine rings is 1. The maximum Gasteiger partial charge on any atom is 0.250 e. The van der Waals surface area contributed by atoms with Crippen LogP contribution in [0, 0.1) is 12.8 Å². The molecule has 1 aromatic rings. The third-order valence-corrected chi connectivity index (χ3v) is 3.11. The monoisotopic (exact) mass is 206 g/mol. The SMILES string of the molecule is CNC(Cn1ccc(C)cc1=O)C1CC1. The van der Waals surface area contributed by atoms with E-state index in [0.717, 1.165) is 18.0 Å². The molecule has 0 saturated heterocycles. The van der Waals surface area contributed by atoms with E-state index in [4.69, 9.17) is 0 Å². The molecule has 1 atom stereocenters. The molecule has 15 heavy (non-hydrogen) atoms. The van der Waals surface area contributed by atoms with Gasteiger partial charge in [-0.2, -0.15) is 0 Å². The molecule has 1 unspecified atom stereocenters. The standard InChI is InChI=1S/C12H18N2O/c1-9-5-6-14(12(15)7-9)8-11(13-2)10-3-4-10/h5-7,10-11,13H,3-4,8H2,1-2H3. The number of likely N-dealkylation sites (N-methyl/N-ethyl adjacent to an activating group) is 1. The number of aromatic nitrogens is 1. The van der Waals surface area contributed by atoms with E-state index in [1.165, 1.54) is 12.8 Å². The molecule has 3 heteroatoms. The van der Waals surface area contributed by atoms with Gasteiger partial charge in [-0.3, -0.25) is 4.79 Å². The molecule has 82 valence electrons. The molecule has 1 aliphatic rings. The van der Waals surface area contributed by atoms with Crippen molar-refractivity contribution < 1.29 is 0 Å². The van der Waals surface area contributed by atoms with Gasteiger partial charge in [-0.25, -0.2) is 0 Å². The van der Waals surface area contributed by atoms with Crippen LogP contribution in [0.25, 0.3) is 0 Å². The summed E-state index contributed by atoms with van der Waals surface area (Å²) in [5, 5.41) is 3.29. The van der Waals surface area contributed by atoms with Gasteiger partial charge in [0, 0.05) is 24.8 Å². The summed E-state index contributed by atoms with van der Waals surface area (Å²) in [4.78, 5) is 11.7. The Balaban J connectivity index is 2.12. The third kappa shape index (κ3) is 2.48. The zero-order valence-corrected chi connectivity index (χ0v) is 9.36. The number of hydrogen-bond acceptors (Lipinski definition) is 2. The Morgan fingerprint density at radius 3 is 2.87 bits per heavy atom. The zero-order valence-electron chi connectivity index (χ0n) is 9.36. The van der Waals surface area contributed by atoms with E-state index >= 15 is 0 Å². The van der Waals surface area contributed by atoms with E-state index in [1.54, 1.807) is 10.6 Å². The number of aryl methyl sites for hydroxylation is 1. The summed E-state index contributed by atoms with van der Waals surface area (Å²) in [6.45, 7) is 2.74. The van der Waals surface area contributed by atoms with Crippen LogP contribution in [0.2, 0.25) is 0 Å². The van der Waals surface area contributed by atoms with E-state index in [-0.39, 0.29) is 5.56 Å². The van der Waals surface area contributed by atoms with Crippen molar-refractivity contribution in [3.63, 3.8) is 0 Å². The first-order chi connectivity index (χ1) is 7.20. The van der Waals surface area contributed by atoms with Crippen LogP contribution in [-0.4, -0.2) is 17.7 Å². The van der Waals surface area contributed by atoms with Crippen molar-refractivity contribution in [2.75, 3.05) is 7.05 Å². The highest BCUT2D eigenvalue weighted by atomic mass is 16.1. The Bertz CT molecular complexity index is 393. The van der Waals surface area contributed by atoms with E-state index in [9.17, 15) is 4.79 Å². The first-order valence-electron chi connectivity index (χ1n) is 5.55. The first-order valence-corrected chi connectivity index (χ1v) is 5.55. The minimum atomic E-state index is 0.107. The highest BCUT2D eigenvalue weighted by molar-refractivity contribution is 5.08. The summed E-state index contributed by atoms with van der Waals surface area (Å²) in [5.74, 6) is 0.767. The van der Waals surface area contributed by atoms with Gasteiger partial charge in [-0.05, 0) is 44.4 Å². The maximum absolute atomic E-state index is 11.7. The predicted molar refractivity (Wildman–Crippen MR) is 61.0 cm³/mol. The maximum atomic E-state index is 11.7. The van der Waals surface area contributed by atoms with E-state index in [2.05, 4.69) is 5.32 Å². The van der Waals surface area contributed by atoms with Gasteiger partial charge >= 0.3 is 0 Å². The minimum Gasteiger partial charge on any atom is -0.315 e. The van der Waals surface area contributed by atoms with Crippen molar-refractivity contribution in [1.29, 1.82) is 0 Å². The second kappa shape index (κ2) is 4.19. The van der Waals surface area contributed by atoms with Crippen LogP contribution in [0.1, 0.15) is 18.4 Å². The average Bonchev–Trinajstić information content (AvgIpc) is 3.00. The van der Waals surface area contributed by atoms with Crippen molar-refractivity contribution in [1.82, 2.24) is 9.88 Å². The highest BCUT2D eigenvalue weighted by Gasteiger charge is 2.30. The Morgan fingerprint density at radius 1 is 1.60 bits per heavy atom. The van der Waals surface area contributed by atoms with E-state index in [0.29, 0.717) is 6.04 Å². The molecule has 1 heterocycles. The van der Waals surface area contributed by atoms with Gasteiger partial charge in [0.2, 0.25) is 0 Å². The largest absolute Gasteiger partial charge is 0.315 e. The first kappa shape index (κ1) is 10.4. The molecule has 1 N–H and O–H groups in total. The van der Waals surface area contributed by atoms with Crippen LogP contribution >= 0.6 is 0 Å². The van der Waals surface area contributed by atoms with Crippen LogP contribution < -0.4 is 10.9 Å². The Labute approximate surface area is 90.1 Å². The number of rotatable bonds is 4. The van der Waals surface area contributed by atoms with Gasteiger partial charge in [-0.15, -0.1) is 0 Å². The fourth-order valence-corrected chi connectivity index (χ4v) is 1.94. The van der Waals surface area contributed by atoms with Crippen LogP contribution in [0.15, 0.2) is 23.1 Å². The topological polar surface area (TPSA) is 34.0 Å². The van der Waals surface area contributed by atoms with Crippen molar-refractivity contribution in [3.8, 4) is 0 Å². The summed E-state index contributed by atoms with van der Waals surface area (Å²) in [5.41, 5.74) is 1.14. The fraction of sp³-hybridized carbons (Fsp3) is 0.583. The molecule has 3 nitrogen and oxygen atoms in total. The number of hydrogen-bond donors (Lipinski definition) is 1. The lowest BCUT2D eigenvalue weighted by Crippen LogP contribution is -2.35. The van der Waals surface area contributed by atoms with Gasteiger partial charge in [0.15, 0.2) is 0 Å². The lowest BCUT2D eigenvalue weighted by atomic mass is 10.2. The van der Waals surface area contributed by atoms with Gasteiger partial charge in [0.1, 0.15) is 0 Å². The van der Waals surface area contributed by atoms with Gasteiger partial charge < -0.3 is 9.88 Å². The van der Waals surface area contributed by atoms with Crippen LogP contribution in [0.3, 0.4) is 0 Å². The molecule has 0 aromatic carbocycles. The highest BCUT2D eigenvalue weighted by Crippen LogP contribution is 2.32. The van der Waals surface area contributed by atoms with Gasteiger partial charge in [-0.1, -0.05) is 0 Å². The number of nitrogens with one attached hydrogen (secondary N) is 1. The van der Waals surface area contributed by atoms with E-state index < -0.39 is 0 Å². The Hall–Kier alpha value is -1.09. The fourth-order valence-electron chi connectivity index (χ4n) is 1.94. The average molecular weight is 206 g/mol. The predicted octanol–water partition coefficient (Wildman–Crippen LogP) is 1.15. The molecule has 1 fully saturated rings. The van der Waals surface area contributed by atoms with Gasteiger partial charge in [0.25, 0.3) is 5.56 Å². The van der Waals surface area contributed by atoms with Crippen molar-refractivity contribution >= 4 is 0 Å². The van der Waals surface area contributed by atoms with E-state index in [1.807, 2.05) is 26.2 Å². The Morgan fingerprint density at radius 2 is 2.33 bits per heavy atom. The molecular formula is C12H18N2O. The molecule has 0 bridgehead atoms. The minimum absolute atomic E-state index is 0.107. The summed E-state index contributed by atoms with van der Waals surface area (Å²) in [6, 6.07) is 4.13. The molecule has 0 spiro atoms. The molecule has 1 aliphatic carbocycles. The normalized spacial score (nSPS) is 17.7. The molecule has 0 amide bonds. The van der Waals surface area contributed by atoms with Crippen LogP contribution in [0.4, 0.5) is 0 Å². The molecular weight excluding hydrogens is 188 g/mol. The molecule has 0 radical (unpaired) electrons. The number of nitrogens with zero attached hydrogens (tertiary/aromatic N) is 1. The molecule has 1 aromatic heterocycles.